The van der Waals surface area contributed by atoms with Gasteiger partial charge >= 0.3 is 0 Å². The lowest BCUT2D eigenvalue weighted by Gasteiger charge is -2.24. The summed E-state index contributed by atoms with van der Waals surface area (Å²) in [7, 11) is -2.12. The molecule has 2 N–H and O–H groups in total. The van der Waals surface area contributed by atoms with Crippen molar-refractivity contribution in [2.75, 3.05) is 23.4 Å². The minimum atomic E-state index is -3.54. The Morgan fingerprint density at radius 3 is 2.21 bits per heavy atom. The third-order valence-electron chi connectivity index (χ3n) is 4.24. The van der Waals surface area contributed by atoms with Crippen molar-refractivity contribution in [3.63, 3.8) is 0 Å². The first-order valence-electron chi connectivity index (χ1n) is 8.69. The lowest BCUT2D eigenvalue weighted by atomic mass is 9.86. The van der Waals surface area contributed by atoms with Crippen molar-refractivity contribution in [2.24, 2.45) is 0 Å². The van der Waals surface area contributed by atoms with Gasteiger partial charge in [-0.15, -0.1) is 0 Å². The Morgan fingerprint density at radius 2 is 1.71 bits per heavy atom. The molecule has 0 atom stereocenters. The normalized spacial score (nSPS) is 11.8. The number of anilines is 2. The number of hydrogen-bond acceptors (Lipinski definition) is 4. The van der Waals surface area contributed by atoms with Gasteiger partial charge in [0.1, 0.15) is 0 Å². The van der Waals surface area contributed by atoms with Crippen LogP contribution in [0, 0.1) is 13.8 Å². The zero-order valence-electron chi connectivity index (χ0n) is 17.0. The number of nitrogens with one attached hydrogen (secondary N) is 2. The van der Waals surface area contributed by atoms with Gasteiger partial charge in [-0.05, 0) is 60.2 Å². The zero-order valence-corrected chi connectivity index (χ0v) is 17.8. The summed E-state index contributed by atoms with van der Waals surface area (Å²) in [6.07, 6.45) is 1.06. The third-order valence-corrected chi connectivity index (χ3v) is 4.83. The Balaban J connectivity index is 2.55. The van der Waals surface area contributed by atoms with E-state index in [4.69, 9.17) is 11.7 Å². The van der Waals surface area contributed by atoms with Gasteiger partial charge in [0.25, 0.3) is 5.91 Å². The highest BCUT2D eigenvalue weighted by Crippen LogP contribution is 2.39. The molecule has 0 spiro atoms. The fourth-order valence-corrected chi connectivity index (χ4v) is 3.18. The maximum atomic E-state index is 12.7. The Morgan fingerprint density at radius 1 is 1.11 bits per heavy atom. The monoisotopic (exact) mass is 402 g/mol. The van der Waals surface area contributed by atoms with Crippen LogP contribution in [0.15, 0.2) is 30.3 Å². The van der Waals surface area contributed by atoms with Crippen LogP contribution in [0.5, 0.6) is 5.75 Å². The molecule has 2 rings (SSSR count). The number of benzene rings is 2. The predicted molar refractivity (Wildman–Crippen MR) is 113 cm³/mol. The fraction of sp³-hybridized carbons (Fsp3) is 0.333. The third kappa shape index (κ3) is 5.25. The largest absolute Gasteiger partial charge is 0.492 e. The topological polar surface area (TPSA) is 84.5 Å². The second kappa shape index (κ2) is 7.83. The molecule has 0 heterocycles. The number of sulfonamides is 1. The maximum Gasteiger partial charge on any atom is 0.255 e. The molecular weight excluding hydrogens is 376 g/mol. The van der Waals surface area contributed by atoms with E-state index in [0.29, 0.717) is 16.8 Å². The molecule has 0 saturated heterocycles. The molecule has 2 radical (unpaired) electrons. The van der Waals surface area contributed by atoms with E-state index in [0.717, 1.165) is 17.4 Å². The Labute approximate surface area is 167 Å². The average Bonchev–Trinajstić information content (AvgIpc) is 2.54. The first kappa shape index (κ1) is 21.8. The SMILES string of the molecule is [CH]c1cc(C(=O)Nc2cc(C(C)(C)C)cc(NS(C)(=O)=O)c2OC)ccc1C. The minimum absolute atomic E-state index is 0.229. The standard InChI is InChI=1S/C21H26N2O4S/c1-13-8-9-15(10-14(13)2)20(24)22-17-11-16(21(3,4)5)12-18(19(17)27-6)23-28(7,25)26/h2,8-12,23H,1,3-7H3,(H,22,24). The predicted octanol–water partition coefficient (Wildman–Crippen LogP) is 3.98. The molecule has 28 heavy (non-hydrogen) atoms. The second-order valence-electron chi connectivity index (χ2n) is 7.75. The Kier molecular flexibility index (Phi) is 6.09. The van der Waals surface area contributed by atoms with E-state index in [9.17, 15) is 13.2 Å². The lowest BCUT2D eigenvalue weighted by Crippen LogP contribution is -2.18. The first-order chi connectivity index (χ1) is 12.8. The number of carbonyl (C=O) groups is 1. The number of hydrogen-bond donors (Lipinski definition) is 2. The number of rotatable bonds is 5. The molecule has 0 aliphatic carbocycles. The van der Waals surface area contributed by atoms with Crippen LogP contribution < -0.4 is 14.8 Å². The van der Waals surface area contributed by atoms with Crippen LogP contribution in [0.4, 0.5) is 11.4 Å². The summed E-state index contributed by atoms with van der Waals surface area (Å²) in [5.74, 6) is -0.145. The molecule has 0 fully saturated rings. The van der Waals surface area contributed by atoms with Crippen LogP contribution in [0.3, 0.4) is 0 Å². The highest BCUT2D eigenvalue weighted by atomic mass is 32.2. The Hall–Kier alpha value is -2.54. The van der Waals surface area contributed by atoms with E-state index in [2.05, 4.69) is 10.0 Å². The van der Waals surface area contributed by atoms with Gasteiger partial charge in [0.2, 0.25) is 10.0 Å². The molecule has 6 nitrogen and oxygen atoms in total. The summed E-state index contributed by atoms with van der Waals surface area (Å²) < 4.78 is 31.4. The zero-order chi connectivity index (χ0) is 21.3. The van der Waals surface area contributed by atoms with Gasteiger partial charge in [-0.3, -0.25) is 9.52 Å². The average molecular weight is 403 g/mol. The van der Waals surface area contributed by atoms with Crippen molar-refractivity contribution in [1.29, 1.82) is 0 Å². The maximum absolute atomic E-state index is 12.7. The van der Waals surface area contributed by atoms with E-state index in [1.54, 1.807) is 30.3 Å². The van der Waals surface area contributed by atoms with E-state index >= 15 is 0 Å². The summed E-state index contributed by atoms with van der Waals surface area (Å²) in [6.45, 7) is 13.7. The fourth-order valence-electron chi connectivity index (χ4n) is 2.63. The molecule has 150 valence electrons. The summed E-state index contributed by atoms with van der Waals surface area (Å²) in [6, 6.07) is 8.53. The van der Waals surface area contributed by atoms with E-state index < -0.39 is 10.0 Å². The van der Waals surface area contributed by atoms with Crippen molar-refractivity contribution >= 4 is 27.3 Å². The molecular formula is C21H26N2O4S. The van der Waals surface area contributed by atoms with E-state index in [1.165, 1.54) is 7.11 Å². The van der Waals surface area contributed by atoms with Crippen molar-refractivity contribution in [3.8, 4) is 5.75 Å². The molecule has 0 aromatic heterocycles. The van der Waals surface area contributed by atoms with Crippen molar-refractivity contribution < 1.29 is 17.9 Å². The van der Waals surface area contributed by atoms with E-state index in [-0.39, 0.29) is 22.8 Å². The molecule has 0 aliphatic rings. The molecule has 2 aromatic rings. The van der Waals surface area contributed by atoms with E-state index in [1.807, 2.05) is 27.7 Å². The van der Waals surface area contributed by atoms with Crippen molar-refractivity contribution in [1.82, 2.24) is 0 Å². The van der Waals surface area contributed by atoms with Crippen molar-refractivity contribution in [2.45, 2.75) is 33.1 Å². The van der Waals surface area contributed by atoms with Crippen LogP contribution in [-0.4, -0.2) is 27.7 Å². The molecule has 0 unspecified atom stereocenters. The van der Waals surface area contributed by atoms with Crippen LogP contribution >= 0.6 is 0 Å². The highest BCUT2D eigenvalue weighted by molar-refractivity contribution is 7.92. The smallest absolute Gasteiger partial charge is 0.255 e. The van der Waals surface area contributed by atoms with Gasteiger partial charge < -0.3 is 10.1 Å². The van der Waals surface area contributed by atoms with Gasteiger partial charge in [-0.1, -0.05) is 26.8 Å². The Bertz CT molecular complexity index is 1010. The molecule has 0 saturated carbocycles. The molecule has 1 amide bonds. The summed E-state index contributed by atoms with van der Waals surface area (Å²) in [4.78, 5) is 12.7. The quantitative estimate of drug-likeness (QED) is 0.792. The number of amides is 1. The minimum Gasteiger partial charge on any atom is -0.492 e. The molecule has 7 heteroatoms. The van der Waals surface area contributed by atoms with Crippen LogP contribution in [0.25, 0.3) is 0 Å². The summed E-state index contributed by atoms with van der Waals surface area (Å²) in [5, 5.41) is 2.81. The number of aryl methyl sites for hydroxylation is 1. The second-order valence-corrected chi connectivity index (χ2v) is 9.50. The molecule has 0 aliphatic heterocycles. The number of methoxy groups -OCH3 is 1. The van der Waals surface area contributed by atoms with Gasteiger partial charge in [0, 0.05) is 5.56 Å². The molecule has 2 aromatic carbocycles. The first-order valence-corrected chi connectivity index (χ1v) is 10.6. The van der Waals surface area contributed by atoms with Gasteiger partial charge in [-0.2, -0.15) is 0 Å². The lowest BCUT2D eigenvalue weighted by molar-refractivity contribution is 0.102. The highest BCUT2D eigenvalue weighted by Gasteiger charge is 2.22. The van der Waals surface area contributed by atoms with Crippen LogP contribution in [-0.2, 0) is 15.4 Å². The van der Waals surface area contributed by atoms with Gasteiger partial charge in [0.15, 0.2) is 5.75 Å². The van der Waals surface area contributed by atoms with Gasteiger partial charge in [-0.25, -0.2) is 8.42 Å². The van der Waals surface area contributed by atoms with Crippen molar-refractivity contribution in [3.05, 3.63) is 59.5 Å². The summed E-state index contributed by atoms with van der Waals surface area (Å²) in [5.41, 5.74) is 2.96. The van der Waals surface area contributed by atoms with Crippen LogP contribution in [0.1, 0.15) is 47.8 Å². The summed E-state index contributed by atoms with van der Waals surface area (Å²) >= 11 is 0. The van der Waals surface area contributed by atoms with Gasteiger partial charge in [0.05, 0.1) is 24.7 Å². The number of ether oxygens (including phenoxy) is 1. The van der Waals surface area contributed by atoms with Crippen LogP contribution in [0.2, 0.25) is 0 Å². The molecule has 0 bridgehead atoms. The number of carbonyl (C=O) groups excluding carboxylic acids is 1.